The zero-order valence-corrected chi connectivity index (χ0v) is 13.2. The second kappa shape index (κ2) is 6.87. The van der Waals surface area contributed by atoms with Crippen molar-refractivity contribution < 1.29 is 9.53 Å². The first-order valence-corrected chi connectivity index (χ1v) is 7.82. The van der Waals surface area contributed by atoms with Crippen molar-refractivity contribution in [2.45, 2.75) is 32.2 Å². The maximum atomic E-state index is 12.6. The molecule has 3 rings (SSSR count). The number of nitrogens with one attached hydrogen (secondary N) is 1. The number of methoxy groups -OCH3 is 1. The van der Waals surface area contributed by atoms with Crippen LogP contribution in [0.25, 0.3) is 11.0 Å². The van der Waals surface area contributed by atoms with Crippen molar-refractivity contribution in [3.63, 3.8) is 0 Å². The molecule has 7 heteroatoms. The molecule has 0 bridgehead atoms. The molecular weight excluding hydrogens is 296 g/mol. The lowest BCUT2D eigenvalue weighted by Crippen LogP contribution is -2.34. The summed E-state index contributed by atoms with van der Waals surface area (Å²) in [4.78, 5) is 33.2. The normalized spacial score (nSPS) is 13.8. The quantitative estimate of drug-likeness (QED) is 0.809. The van der Waals surface area contributed by atoms with Crippen molar-refractivity contribution in [1.82, 2.24) is 19.9 Å². The number of amides is 1. The summed E-state index contributed by atoms with van der Waals surface area (Å²) in [6.45, 7) is 0.801. The molecule has 0 aromatic carbocycles. The fourth-order valence-corrected chi connectivity index (χ4v) is 2.83. The molecule has 0 unspecified atom stereocenters. The van der Waals surface area contributed by atoms with Crippen molar-refractivity contribution in [1.29, 1.82) is 0 Å². The summed E-state index contributed by atoms with van der Waals surface area (Å²) in [6, 6.07) is 1.89. The van der Waals surface area contributed by atoms with Crippen molar-refractivity contribution in [3.8, 4) is 0 Å². The van der Waals surface area contributed by atoms with E-state index in [1.807, 2.05) is 6.07 Å². The van der Waals surface area contributed by atoms with Gasteiger partial charge in [-0.25, -0.2) is 9.97 Å². The van der Waals surface area contributed by atoms with E-state index in [4.69, 9.17) is 4.74 Å². The molecule has 0 aliphatic heterocycles. The first-order chi connectivity index (χ1) is 11.2. The molecule has 2 aromatic heterocycles. The van der Waals surface area contributed by atoms with Gasteiger partial charge in [-0.05, 0) is 37.3 Å². The second-order valence-electron chi connectivity index (χ2n) is 5.69. The zero-order chi connectivity index (χ0) is 16.2. The molecule has 2 heterocycles. The number of fused-ring (bicyclic) bond motifs is 2. The minimum absolute atomic E-state index is 0.0530. The van der Waals surface area contributed by atoms with E-state index in [0.717, 1.165) is 36.9 Å². The van der Waals surface area contributed by atoms with Gasteiger partial charge in [-0.3, -0.25) is 14.2 Å². The number of carbonyl (C=O) groups excluding carboxylic acids is 1. The highest BCUT2D eigenvalue weighted by Crippen LogP contribution is 2.21. The Balaban J connectivity index is 1.86. The van der Waals surface area contributed by atoms with Gasteiger partial charge >= 0.3 is 0 Å². The standard InChI is InChI=1S/C16H20N4O3/c1-23-7-6-17-14(21)9-20-10-18-15-12(16(20)22)8-11-4-2-3-5-13(11)19-15/h8,10H,2-7,9H2,1H3,(H,17,21). The predicted molar refractivity (Wildman–Crippen MR) is 85.3 cm³/mol. The Morgan fingerprint density at radius 1 is 1.39 bits per heavy atom. The van der Waals surface area contributed by atoms with Crippen molar-refractivity contribution in [2.24, 2.45) is 0 Å². The van der Waals surface area contributed by atoms with Gasteiger partial charge in [-0.15, -0.1) is 0 Å². The van der Waals surface area contributed by atoms with E-state index in [9.17, 15) is 9.59 Å². The lowest BCUT2D eigenvalue weighted by Gasteiger charge is -2.15. The third kappa shape index (κ3) is 3.39. The monoisotopic (exact) mass is 316 g/mol. The summed E-state index contributed by atoms with van der Waals surface area (Å²) < 4.78 is 6.19. The van der Waals surface area contributed by atoms with Gasteiger partial charge in [-0.1, -0.05) is 0 Å². The number of hydrogen-bond acceptors (Lipinski definition) is 5. The van der Waals surface area contributed by atoms with Gasteiger partial charge in [0.2, 0.25) is 5.91 Å². The predicted octanol–water partition coefficient (Wildman–Crippen LogP) is 0.433. The Morgan fingerprint density at radius 2 is 2.22 bits per heavy atom. The van der Waals surface area contributed by atoms with Crippen LogP contribution in [0.3, 0.4) is 0 Å². The molecule has 1 N–H and O–H groups in total. The molecule has 0 saturated heterocycles. The average molecular weight is 316 g/mol. The molecule has 1 amide bonds. The molecule has 1 aliphatic carbocycles. The smallest absolute Gasteiger partial charge is 0.263 e. The Kier molecular flexibility index (Phi) is 4.66. The summed E-state index contributed by atoms with van der Waals surface area (Å²) in [6.07, 6.45) is 5.53. The van der Waals surface area contributed by atoms with Gasteiger partial charge in [0, 0.05) is 19.3 Å². The minimum Gasteiger partial charge on any atom is -0.383 e. The number of aryl methyl sites for hydroxylation is 2. The van der Waals surface area contributed by atoms with Gasteiger partial charge in [0.1, 0.15) is 12.9 Å². The van der Waals surface area contributed by atoms with E-state index in [1.54, 1.807) is 7.11 Å². The first kappa shape index (κ1) is 15.6. The van der Waals surface area contributed by atoms with Gasteiger partial charge in [-0.2, -0.15) is 0 Å². The second-order valence-corrected chi connectivity index (χ2v) is 5.69. The van der Waals surface area contributed by atoms with Crippen molar-refractivity contribution in [2.75, 3.05) is 20.3 Å². The van der Waals surface area contributed by atoms with E-state index in [0.29, 0.717) is 24.2 Å². The number of nitrogens with zero attached hydrogens (tertiary/aromatic N) is 3. The van der Waals surface area contributed by atoms with Gasteiger partial charge in [0.05, 0.1) is 12.0 Å². The number of ether oxygens (including phenoxy) is 1. The molecule has 0 atom stereocenters. The van der Waals surface area contributed by atoms with Crippen LogP contribution in [0.5, 0.6) is 0 Å². The molecule has 122 valence electrons. The van der Waals surface area contributed by atoms with E-state index < -0.39 is 0 Å². The highest BCUT2D eigenvalue weighted by molar-refractivity contribution is 5.77. The van der Waals surface area contributed by atoms with Crippen LogP contribution in [0.15, 0.2) is 17.2 Å². The van der Waals surface area contributed by atoms with E-state index in [-0.39, 0.29) is 18.0 Å². The van der Waals surface area contributed by atoms with Gasteiger partial charge in [0.15, 0.2) is 5.65 Å². The van der Waals surface area contributed by atoms with Crippen LogP contribution in [0.1, 0.15) is 24.1 Å². The molecule has 7 nitrogen and oxygen atoms in total. The van der Waals surface area contributed by atoms with Crippen LogP contribution in [-0.2, 0) is 28.9 Å². The van der Waals surface area contributed by atoms with Crippen LogP contribution in [0, 0.1) is 0 Å². The summed E-state index contributed by atoms with van der Waals surface area (Å²) in [5.41, 5.74) is 2.42. The van der Waals surface area contributed by atoms with E-state index >= 15 is 0 Å². The Bertz CT molecular complexity index is 785. The number of hydrogen-bond donors (Lipinski definition) is 1. The molecule has 1 aliphatic rings. The summed E-state index contributed by atoms with van der Waals surface area (Å²) in [5, 5.41) is 3.17. The molecule has 0 fully saturated rings. The first-order valence-electron chi connectivity index (χ1n) is 7.82. The minimum atomic E-state index is -0.240. The third-order valence-electron chi connectivity index (χ3n) is 4.03. The van der Waals surface area contributed by atoms with Crippen LogP contribution >= 0.6 is 0 Å². The highest BCUT2D eigenvalue weighted by Gasteiger charge is 2.15. The molecule has 0 radical (unpaired) electrons. The van der Waals surface area contributed by atoms with E-state index in [2.05, 4.69) is 15.3 Å². The Morgan fingerprint density at radius 3 is 3.04 bits per heavy atom. The highest BCUT2D eigenvalue weighted by atomic mass is 16.5. The van der Waals surface area contributed by atoms with Crippen LogP contribution < -0.4 is 10.9 Å². The van der Waals surface area contributed by atoms with Crippen LogP contribution in [0.4, 0.5) is 0 Å². The van der Waals surface area contributed by atoms with Crippen molar-refractivity contribution in [3.05, 3.63) is 34.0 Å². The van der Waals surface area contributed by atoms with Gasteiger partial charge < -0.3 is 10.1 Å². The SMILES string of the molecule is COCCNC(=O)Cn1cnc2nc3c(cc2c1=O)CCCC3. The summed E-state index contributed by atoms with van der Waals surface area (Å²) in [5.74, 6) is -0.240. The number of rotatable bonds is 5. The Labute approximate surface area is 133 Å². The molecule has 0 saturated carbocycles. The lowest BCUT2D eigenvalue weighted by molar-refractivity contribution is -0.121. The molecular formula is C16H20N4O3. The zero-order valence-electron chi connectivity index (χ0n) is 13.2. The Hall–Kier alpha value is -2.28. The summed E-state index contributed by atoms with van der Waals surface area (Å²) in [7, 11) is 1.57. The summed E-state index contributed by atoms with van der Waals surface area (Å²) >= 11 is 0. The third-order valence-corrected chi connectivity index (χ3v) is 4.03. The van der Waals surface area contributed by atoms with E-state index in [1.165, 1.54) is 10.9 Å². The fraction of sp³-hybridized carbons (Fsp3) is 0.500. The average Bonchev–Trinajstić information content (AvgIpc) is 2.56. The molecule has 23 heavy (non-hydrogen) atoms. The fourth-order valence-electron chi connectivity index (χ4n) is 2.83. The maximum Gasteiger partial charge on any atom is 0.263 e. The number of carbonyl (C=O) groups is 1. The largest absolute Gasteiger partial charge is 0.383 e. The molecule has 2 aromatic rings. The lowest BCUT2D eigenvalue weighted by atomic mass is 9.95. The molecule has 0 spiro atoms. The van der Waals surface area contributed by atoms with Gasteiger partial charge in [0.25, 0.3) is 5.56 Å². The van der Waals surface area contributed by atoms with Crippen molar-refractivity contribution >= 4 is 16.9 Å². The maximum absolute atomic E-state index is 12.6. The van der Waals surface area contributed by atoms with Crippen LogP contribution in [0.2, 0.25) is 0 Å². The van der Waals surface area contributed by atoms with Crippen LogP contribution in [-0.4, -0.2) is 40.7 Å². The topological polar surface area (TPSA) is 86.1 Å². The number of pyridine rings is 1. The number of aromatic nitrogens is 3.